The van der Waals surface area contributed by atoms with Crippen molar-refractivity contribution in [2.24, 2.45) is 0 Å². The zero-order chi connectivity index (χ0) is 13.5. The molecule has 2 heterocycles. The van der Waals surface area contributed by atoms with Crippen LogP contribution in [0, 0.1) is 6.92 Å². The van der Waals surface area contributed by atoms with Crippen molar-refractivity contribution in [3.8, 4) is 0 Å². The number of rotatable bonds is 7. The van der Waals surface area contributed by atoms with Crippen LogP contribution in [0.25, 0.3) is 0 Å². The predicted octanol–water partition coefficient (Wildman–Crippen LogP) is 0.710. The summed E-state index contributed by atoms with van der Waals surface area (Å²) in [5, 5.41) is 11.8. The summed E-state index contributed by atoms with van der Waals surface area (Å²) in [5.74, 6) is 1.97. The lowest BCUT2D eigenvalue weighted by Crippen LogP contribution is -2.13. The Bertz CT molecular complexity index is 395. The highest BCUT2D eigenvalue weighted by atomic mass is 16.5. The maximum Gasteiger partial charge on any atom is 0.130 e. The van der Waals surface area contributed by atoms with E-state index in [1.807, 2.05) is 13.0 Å². The third-order valence-electron chi connectivity index (χ3n) is 2.99. The number of aliphatic hydroxyl groups is 1. The van der Waals surface area contributed by atoms with E-state index in [1.165, 1.54) is 0 Å². The van der Waals surface area contributed by atoms with Crippen molar-refractivity contribution in [2.45, 2.75) is 19.3 Å². The second-order valence-electron chi connectivity index (χ2n) is 4.55. The van der Waals surface area contributed by atoms with Crippen LogP contribution >= 0.6 is 0 Å². The number of hydrogen-bond donors (Lipinski definition) is 2. The van der Waals surface area contributed by atoms with Gasteiger partial charge in [-0.15, -0.1) is 0 Å². The zero-order valence-electron chi connectivity index (χ0n) is 11.3. The summed E-state index contributed by atoms with van der Waals surface area (Å²) in [6.45, 7) is 5.09. The zero-order valence-corrected chi connectivity index (χ0v) is 11.3. The Hall–Kier alpha value is -1.24. The van der Waals surface area contributed by atoms with E-state index >= 15 is 0 Å². The maximum atomic E-state index is 8.60. The second-order valence-corrected chi connectivity index (χ2v) is 4.55. The van der Waals surface area contributed by atoms with Gasteiger partial charge in [0.15, 0.2) is 0 Å². The van der Waals surface area contributed by atoms with Crippen molar-refractivity contribution < 1.29 is 14.6 Å². The molecule has 106 valence electrons. The molecular weight excluding hydrogens is 246 g/mol. The van der Waals surface area contributed by atoms with E-state index in [0.29, 0.717) is 25.7 Å². The Labute approximate surface area is 113 Å². The smallest absolute Gasteiger partial charge is 0.130 e. The molecule has 1 saturated heterocycles. The van der Waals surface area contributed by atoms with Gasteiger partial charge < -0.3 is 19.9 Å². The van der Waals surface area contributed by atoms with Gasteiger partial charge in [-0.3, -0.25) is 0 Å². The molecular formula is C13H21N3O3. The van der Waals surface area contributed by atoms with Crippen molar-refractivity contribution in [3.63, 3.8) is 0 Å². The fraction of sp³-hybridized carbons (Fsp3) is 0.692. The van der Waals surface area contributed by atoms with E-state index in [9.17, 15) is 0 Å². The van der Waals surface area contributed by atoms with Gasteiger partial charge in [0.2, 0.25) is 0 Å². The van der Waals surface area contributed by atoms with Crippen LogP contribution in [0.5, 0.6) is 0 Å². The van der Waals surface area contributed by atoms with E-state index in [-0.39, 0.29) is 6.61 Å². The van der Waals surface area contributed by atoms with Crippen LogP contribution in [-0.2, 0) is 9.47 Å². The minimum absolute atomic E-state index is 0.0540. The van der Waals surface area contributed by atoms with Gasteiger partial charge in [-0.05, 0) is 13.3 Å². The summed E-state index contributed by atoms with van der Waals surface area (Å²) in [5.41, 5.74) is 1.05. The summed E-state index contributed by atoms with van der Waals surface area (Å²) < 4.78 is 10.6. The third-order valence-corrected chi connectivity index (χ3v) is 2.99. The first-order valence-electron chi connectivity index (χ1n) is 6.65. The highest BCUT2D eigenvalue weighted by Gasteiger charge is 2.20. The van der Waals surface area contributed by atoms with E-state index in [0.717, 1.165) is 37.0 Å². The summed E-state index contributed by atoms with van der Waals surface area (Å²) in [6, 6.07) is 1.98. The molecule has 1 atom stereocenters. The Morgan fingerprint density at radius 2 is 2.37 bits per heavy atom. The molecule has 1 aromatic heterocycles. The Morgan fingerprint density at radius 3 is 3.11 bits per heavy atom. The van der Waals surface area contributed by atoms with Gasteiger partial charge in [0, 0.05) is 25.1 Å². The van der Waals surface area contributed by atoms with Crippen LogP contribution in [0.15, 0.2) is 6.07 Å². The third kappa shape index (κ3) is 4.41. The number of aryl methyl sites for hydroxylation is 1. The molecule has 0 spiro atoms. The molecule has 6 heteroatoms. The molecule has 1 fully saturated rings. The Morgan fingerprint density at radius 1 is 1.47 bits per heavy atom. The highest BCUT2D eigenvalue weighted by Crippen LogP contribution is 2.24. The molecule has 6 nitrogen and oxygen atoms in total. The van der Waals surface area contributed by atoms with Crippen molar-refractivity contribution in [1.82, 2.24) is 9.97 Å². The Kier molecular flexibility index (Phi) is 5.50. The van der Waals surface area contributed by atoms with E-state index < -0.39 is 0 Å². The fourth-order valence-corrected chi connectivity index (χ4v) is 2.08. The molecule has 0 unspecified atom stereocenters. The lowest BCUT2D eigenvalue weighted by atomic mass is 10.0. The van der Waals surface area contributed by atoms with Gasteiger partial charge in [-0.25, -0.2) is 9.97 Å². The number of nitrogens with zero attached hydrogens (tertiary/aromatic N) is 2. The van der Waals surface area contributed by atoms with Gasteiger partial charge >= 0.3 is 0 Å². The van der Waals surface area contributed by atoms with E-state index in [2.05, 4.69) is 15.3 Å². The first kappa shape index (κ1) is 14.2. The van der Waals surface area contributed by atoms with Gasteiger partial charge in [0.05, 0.1) is 32.1 Å². The second kappa shape index (κ2) is 7.37. The van der Waals surface area contributed by atoms with E-state index in [1.54, 1.807) is 0 Å². The lowest BCUT2D eigenvalue weighted by molar-refractivity contribution is 0.0992. The van der Waals surface area contributed by atoms with Gasteiger partial charge in [-0.1, -0.05) is 0 Å². The topological polar surface area (TPSA) is 76.5 Å². The first-order valence-corrected chi connectivity index (χ1v) is 6.65. The Balaban J connectivity index is 1.89. The van der Waals surface area contributed by atoms with Crippen LogP contribution in [0.1, 0.15) is 23.9 Å². The molecule has 1 aliphatic heterocycles. The van der Waals surface area contributed by atoms with Crippen molar-refractivity contribution >= 4 is 5.82 Å². The minimum Gasteiger partial charge on any atom is -0.394 e. The van der Waals surface area contributed by atoms with Crippen LogP contribution < -0.4 is 5.32 Å². The highest BCUT2D eigenvalue weighted by molar-refractivity contribution is 5.37. The molecule has 1 aliphatic rings. The SMILES string of the molecule is Cc1nc(NCCOCCO)cc([C@@H]2CCOC2)n1. The van der Waals surface area contributed by atoms with Crippen molar-refractivity contribution in [2.75, 3.05) is 44.9 Å². The first-order chi connectivity index (χ1) is 9.29. The molecule has 0 aliphatic carbocycles. The summed E-state index contributed by atoms with van der Waals surface area (Å²) in [6.07, 6.45) is 1.02. The minimum atomic E-state index is 0.0540. The molecule has 19 heavy (non-hydrogen) atoms. The van der Waals surface area contributed by atoms with Crippen LogP contribution in [0.2, 0.25) is 0 Å². The van der Waals surface area contributed by atoms with Gasteiger partial charge in [0.25, 0.3) is 0 Å². The molecule has 2 N–H and O–H groups in total. The number of nitrogens with one attached hydrogen (secondary N) is 1. The number of hydrogen-bond acceptors (Lipinski definition) is 6. The number of aliphatic hydroxyl groups excluding tert-OH is 1. The fourth-order valence-electron chi connectivity index (χ4n) is 2.08. The van der Waals surface area contributed by atoms with Crippen molar-refractivity contribution in [1.29, 1.82) is 0 Å². The molecule has 0 radical (unpaired) electrons. The van der Waals surface area contributed by atoms with Crippen LogP contribution in [-0.4, -0.2) is 54.7 Å². The van der Waals surface area contributed by atoms with Gasteiger partial charge in [-0.2, -0.15) is 0 Å². The predicted molar refractivity (Wildman–Crippen MR) is 71.3 cm³/mol. The largest absolute Gasteiger partial charge is 0.394 e. The van der Waals surface area contributed by atoms with Gasteiger partial charge in [0.1, 0.15) is 11.6 Å². The standard InChI is InChI=1S/C13H21N3O3/c1-10-15-12(11-2-5-19-9-11)8-13(16-10)14-3-6-18-7-4-17/h8,11,17H,2-7,9H2,1H3,(H,14,15,16)/t11-/m1/s1. The molecule has 0 amide bonds. The van der Waals surface area contributed by atoms with Crippen molar-refractivity contribution in [3.05, 3.63) is 17.6 Å². The molecule has 2 rings (SSSR count). The molecule has 0 saturated carbocycles. The van der Waals surface area contributed by atoms with E-state index in [4.69, 9.17) is 14.6 Å². The number of aromatic nitrogens is 2. The lowest BCUT2D eigenvalue weighted by Gasteiger charge is -2.11. The quantitative estimate of drug-likeness (QED) is 0.709. The molecule has 1 aromatic rings. The summed E-state index contributed by atoms with van der Waals surface area (Å²) in [4.78, 5) is 8.83. The average Bonchev–Trinajstić information content (AvgIpc) is 2.92. The van der Waals surface area contributed by atoms with Crippen LogP contribution in [0.3, 0.4) is 0 Å². The number of anilines is 1. The average molecular weight is 267 g/mol. The van der Waals surface area contributed by atoms with Crippen LogP contribution in [0.4, 0.5) is 5.82 Å². The summed E-state index contributed by atoms with van der Waals surface area (Å²) in [7, 11) is 0. The molecule has 0 aromatic carbocycles. The number of ether oxygens (including phenoxy) is 2. The monoisotopic (exact) mass is 267 g/mol. The summed E-state index contributed by atoms with van der Waals surface area (Å²) >= 11 is 0. The molecule has 0 bridgehead atoms. The maximum absolute atomic E-state index is 8.60. The normalized spacial score (nSPS) is 18.7.